The number of nitrogens with zero attached hydrogens (tertiary/aromatic N) is 1. The Kier molecular flexibility index (Phi) is 4.63. The first-order chi connectivity index (χ1) is 8.01. The van der Waals surface area contributed by atoms with Crippen molar-refractivity contribution in [2.45, 2.75) is 20.3 Å². The molecule has 1 unspecified atom stereocenters. The van der Waals surface area contributed by atoms with Crippen molar-refractivity contribution in [2.24, 2.45) is 11.7 Å². The van der Waals surface area contributed by atoms with Crippen LogP contribution in [-0.2, 0) is 4.79 Å². The average Bonchev–Trinajstić information content (AvgIpc) is 2.33. The minimum atomic E-state index is -0.263. The summed E-state index contributed by atoms with van der Waals surface area (Å²) in [6.07, 6.45) is 0.708. The molecule has 17 heavy (non-hydrogen) atoms. The average molecular weight is 238 g/mol. The quantitative estimate of drug-likeness (QED) is 0.873. The lowest BCUT2D eigenvalue weighted by atomic mass is 10.0. The molecule has 1 amide bonds. The third-order valence-electron chi connectivity index (χ3n) is 2.99. The molecule has 0 radical (unpaired) electrons. The summed E-state index contributed by atoms with van der Waals surface area (Å²) in [6, 6.07) is 4.64. The van der Waals surface area contributed by atoms with E-state index in [1.165, 1.54) is 11.0 Å². The highest BCUT2D eigenvalue weighted by atomic mass is 19.1. The van der Waals surface area contributed by atoms with E-state index in [1.54, 1.807) is 26.1 Å². The van der Waals surface area contributed by atoms with Crippen LogP contribution in [0.3, 0.4) is 0 Å². The van der Waals surface area contributed by atoms with Crippen LogP contribution in [0.15, 0.2) is 18.2 Å². The third kappa shape index (κ3) is 3.03. The first-order valence-corrected chi connectivity index (χ1v) is 5.75. The van der Waals surface area contributed by atoms with Crippen LogP contribution in [0.1, 0.15) is 18.9 Å². The van der Waals surface area contributed by atoms with Gasteiger partial charge in [-0.3, -0.25) is 4.79 Å². The summed E-state index contributed by atoms with van der Waals surface area (Å²) in [7, 11) is 1.69. The minimum Gasteiger partial charge on any atom is -0.330 e. The van der Waals surface area contributed by atoms with E-state index in [2.05, 4.69) is 0 Å². The van der Waals surface area contributed by atoms with Crippen LogP contribution in [0.5, 0.6) is 0 Å². The molecule has 0 aliphatic carbocycles. The topological polar surface area (TPSA) is 46.3 Å². The molecule has 0 saturated heterocycles. The van der Waals surface area contributed by atoms with E-state index in [1.807, 2.05) is 6.92 Å². The first kappa shape index (κ1) is 13.6. The van der Waals surface area contributed by atoms with E-state index in [9.17, 15) is 9.18 Å². The second-order valence-electron chi connectivity index (χ2n) is 4.17. The first-order valence-electron chi connectivity index (χ1n) is 5.75. The van der Waals surface area contributed by atoms with Crippen LogP contribution in [0.25, 0.3) is 0 Å². The van der Waals surface area contributed by atoms with Crippen LogP contribution < -0.4 is 10.6 Å². The number of carbonyl (C=O) groups excluding carboxylic acids is 1. The highest BCUT2D eigenvalue weighted by molar-refractivity contribution is 5.94. The van der Waals surface area contributed by atoms with Crippen molar-refractivity contribution in [1.82, 2.24) is 0 Å². The summed E-state index contributed by atoms with van der Waals surface area (Å²) in [5.41, 5.74) is 6.77. The molecule has 2 N–H and O–H groups in total. The van der Waals surface area contributed by atoms with E-state index in [4.69, 9.17) is 5.73 Å². The summed E-state index contributed by atoms with van der Waals surface area (Å²) in [5.74, 6) is -0.466. The molecule has 1 aromatic carbocycles. The van der Waals surface area contributed by atoms with Gasteiger partial charge in [0.25, 0.3) is 0 Å². The second-order valence-corrected chi connectivity index (χ2v) is 4.17. The largest absolute Gasteiger partial charge is 0.330 e. The number of hydrogen-bond acceptors (Lipinski definition) is 2. The molecule has 0 fully saturated rings. The van der Waals surface area contributed by atoms with E-state index >= 15 is 0 Å². The Balaban J connectivity index is 2.92. The summed E-state index contributed by atoms with van der Waals surface area (Å²) in [6.45, 7) is 3.94. The minimum absolute atomic E-state index is 0.0268. The highest BCUT2D eigenvalue weighted by Crippen LogP contribution is 2.19. The predicted molar refractivity (Wildman–Crippen MR) is 67.4 cm³/mol. The zero-order valence-corrected chi connectivity index (χ0v) is 10.5. The fourth-order valence-corrected chi connectivity index (χ4v) is 1.68. The van der Waals surface area contributed by atoms with Crippen LogP contribution in [0, 0.1) is 18.7 Å². The summed E-state index contributed by atoms with van der Waals surface area (Å²) in [5, 5.41) is 0. The Morgan fingerprint density at radius 2 is 2.18 bits per heavy atom. The van der Waals surface area contributed by atoms with Gasteiger partial charge in [0.05, 0.1) is 5.92 Å². The SMILES string of the molecule is CCC(CN)C(=O)N(C)c1ccc(F)c(C)c1. The maximum Gasteiger partial charge on any atom is 0.231 e. The molecule has 0 aliphatic heterocycles. The molecule has 0 saturated carbocycles. The number of anilines is 1. The maximum absolute atomic E-state index is 13.1. The summed E-state index contributed by atoms with van der Waals surface area (Å²) in [4.78, 5) is 13.6. The number of benzene rings is 1. The number of halogens is 1. The molecular weight excluding hydrogens is 219 g/mol. The van der Waals surface area contributed by atoms with Crippen molar-refractivity contribution in [3.8, 4) is 0 Å². The van der Waals surface area contributed by atoms with Gasteiger partial charge in [0.15, 0.2) is 0 Å². The van der Waals surface area contributed by atoms with Gasteiger partial charge in [-0.15, -0.1) is 0 Å². The van der Waals surface area contributed by atoms with E-state index < -0.39 is 0 Å². The molecule has 0 spiro atoms. The molecule has 0 bridgehead atoms. The molecule has 0 aromatic heterocycles. The van der Waals surface area contributed by atoms with Crippen molar-refractivity contribution < 1.29 is 9.18 Å². The maximum atomic E-state index is 13.1. The molecule has 94 valence electrons. The molecule has 4 heteroatoms. The zero-order valence-electron chi connectivity index (χ0n) is 10.5. The number of hydrogen-bond donors (Lipinski definition) is 1. The van der Waals surface area contributed by atoms with Crippen LogP contribution in [0.4, 0.5) is 10.1 Å². The molecular formula is C13H19FN2O. The number of carbonyl (C=O) groups is 1. The van der Waals surface area contributed by atoms with Crippen molar-refractivity contribution in [3.63, 3.8) is 0 Å². The van der Waals surface area contributed by atoms with E-state index in [0.29, 0.717) is 24.2 Å². The van der Waals surface area contributed by atoms with Gasteiger partial charge in [-0.1, -0.05) is 6.92 Å². The van der Waals surface area contributed by atoms with Crippen molar-refractivity contribution in [3.05, 3.63) is 29.6 Å². The molecule has 1 atom stereocenters. The Morgan fingerprint density at radius 3 is 2.65 bits per heavy atom. The smallest absolute Gasteiger partial charge is 0.231 e. The van der Waals surface area contributed by atoms with Crippen molar-refractivity contribution in [2.75, 3.05) is 18.5 Å². The van der Waals surface area contributed by atoms with Gasteiger partial charge in [0, 0.05) is 19.3 Å². The third-order valence-corrected chi connectivity index (χ3v) is 2.99. The van der Waals surface area contributed by atoms with Gasteiger partial charge in [0.1, 0.15) is 5.82 Å². The van der Waals surface area contributed by atoms with Gasteiger partial charge in [-0.25, -0.2) is 4.39 Å². The lowest BCUT2D eigenvalue weighted by Crippen LogP contribution is -2.36. The number of amides is 1. The molecule has 1 aromatic rings. The summed E-state index contributed by atoms with van der Waals surface area (Å²) >= 11 is 0. The van der Waals surface area contributed by atoms with Gasteiger partial charge >= 0.3 is 0 Å². The Hall–Kier alpha value is -1.42. The Labute approximate surface area is 101 Å². The summed E-state index contributed by atoms with van der Waals surface area (Å²) < 4.78 is 13.1. The zero-order chi connectivity index (χ0) is 13.0. The highest BCUT2D eigenvalue weighted by Gasteiger charge is 2.20. The molecule has 3 nitrogen and oxygen atoms in total. The van der Waals surface area contributed by atoms with Gasteiger partial charge < -0.3 is 10.6 Å². The Bertz CT molecular complexity index is 402. The van der Waals surface area contributed by atoms with Crippen molar-refractivity contribution in [1.29, 1.82) is 0 Å². The number of nitrogens with two attached hydrogens (primary N) is 1. The van der Waals surface area contributed by atoms with Crippen LogP contribution >= 0.6 is 0 Å². The monoisotopic (exact) mass is 238 g/mol. The van der Waals surface area contributed by atoms with Gasteiger partial charge in [-0.2, -0.15) is 0 Å². The second kappa shape index (κ2) is 5.77. The number of aryl methyl sites for hydroxylation is 1. The van der Waals surface area contributed by atoms with Crippen LogP contribution in [-0.4, -0.2) is 19.5 Å². The molecule has 0 heterocycles. The van der Waals surface area contributed by atoms with E-state index in [-0.39, 0.29) is 17.6 Å². The normalized spacial score (nSPS) is 12.3. The Morgan fingerprint density at radius 1 is 1.53 bits per heavy atom. The standard InChI is InChI=1S/C13H19FN2O/c1-4-10(8-15)13(17)16(3)11-5-6-12(14)9(2)7-11/h5-7,10H,4,8,15H2,1-3H3. The van der Waals surface area contributed by atoms with Gasteiger partial charge in [0.2, 0.25) is 5.91 Å². The van der Waals surface area contributed by atoms with Crippen molar-refractivity contribution >= 4 is 11.6 Å². The van der Waals surface area contributed by atoms with Crippen LogP contribution in [0.2, 0.25) is 0 Å². The predicted octanol–water partition coefficient (Wildman–Crippen LogP) is 2.08. The lowest BCUT2D eigenvalue weighted by Gasteiger charge is -2.22. The van der Waals surface area contributed by atoms with E-state index in [0.717, 1.165) is 0 Å². The van der Waals surface area contributed by atoms with Gasteiger partial charge in [-0.05, 0) is 37.1 Å². The lowest BCUT2D eigenvalue weighted by molar-refractivity contribution is -0.121. The molecule has 1 rings (SSSR count). The molecule has 0 aliphatic rings. The number of rotatable bonds is 4. The fourth-order valence-electron chi connectivity index (χ4n) is 1.68. The fraction of sp³-hybridized carbons (Fsp3) is 0.462.